The molecule has 2 rings (SSSR count). The van der Waals surface area contributed by atoms with Gasteiger partial charge < -0.3 is 54.3 Å². The van der Waals surface area contributed by atoms with E-state index in [1.54, 1.807) is 6.92 Å². The fraction of sp³-hybridized carbons (Fsp3) is 0.967. The van der Waals surface area contributed by atoms with Crippen molar-refractivity contribution in [3.8, 4) is 0 Å². The monoisotopic (exact) mass is 1150 g/mol. The van der Waals surface area contributed by atoms with Gasteiger partial charge in [-0.15, -0.1) is 0 Å². The Kier molecular flexibility index (Phi) is 40.2. The van der Waals surface area contributed by atoms with Crippen molar-refractivity contribution in [3.05, 3.63) is 0 Å². The van der Waals surface area contributed by atoms with Crippen molar-refractivity contribution in [1.29, 1.82) is 0 Å². The molecule has 0 aromatic heterocycles. The minimum absolute atomic E-state index is 0.0587. The van der Waals surface area contributed by atoms with Crippen molar-refractivity contribution < 1.29 is 81.1 Å². The van der Waals surface area contributed by atoms with Gasteiger partial charge in [-0.25, -0.2) is 4.18 Å². The molecule has 0 amide bonds. The standard InChI is InChI=1S/C61H116O17S/c1-8-10-12-14-16-18-20-22-23-25-26-28-30-32-34-36-49(64)47(6)40-45(4)38-44(3)39-46(5)41-48(7)59(69)76-56-54(67)51(43-63)74-61(77-60-57(78-79(70,71)72)55(68)53(66)50(42-62)73-60)58(56)75-52(65)37-35-33-31-29-27-24-21-19-17-15-13-11-9-2/h44-51,53-58,60-64,66-68H,8-43H2,1-7H3,(H,70,71,72)/t44-,45+,46-,47+,48-,49?,50?,51?,53+,54+,55?,56?,57-,58+,60+,61+/m0/s1. The largest absolute Gasteiger partial charge is 0.455 e. The summed E-state index contributed by atoms with van der Waals surface area (Å²) in [5.74, 6) is -1.20. The predicted octanol–water partition coefficient (Wildman–Crippen LogP) is 11.4. The van der Waals surface area contributed by atoms with Gasteiger partial charge >= 0.3 is 22.3 Å². The summed E-state index contributed by atoms with van der Waals surface area (Å²) in [6, 6.07) is 0. The van der Waals surface area contributed by atoms with Crippen LogP contribution in [0.5, 0.6) is 0 Å². The van der Waals surface area contributed by atoms with E-state index in [0.717, 1.165) is 70.6 Å². The second-order valence-electron chi connectivity index (χ2n) is 24.3. The average Bonchev–Trinajstić information content (AvgIpc) is 3.43. The van der Waals surface area contributed by atoms with Gasteiger partial charge in [0.15, 0.2) is 24.6 Å². The van der Waals surface area contributed by atoms with Crippen LogP contribution in [-0.2, 0) is 47.9 Å². The first-order chi connectivity index (χ1) is 37.8. The molecule has 2 aliphatic heterocycles. The van der Waals surface area contributed by atoms with Crippen LogP contribution in [0.3, 0.4) is 0 Å². The maximum Gasteiger partial charge on any atom is 0.397 e. The van der Waals surface area contributed by atoms with Crippen molar-refractivity contribution in [2.24, 2.45) is 29.6 Å². The number of aliphatic hydroxyl groups excluding tert-OH is 6. The zero-order valence-corrected chi connectivity index (χ0v) is 51.1. The number of esters is 2. The Hall–Kier alpha value is -1.55. The van der Waals surface area contributed by atoms with Gasteiger partial charge in [-0.05, 0) is 62.2 Å². The highest BCUT2D eigenvalue weighted by molar-refractivity contribution is 7.80. The first-order valence-electron chi connectivity index (χ1n) is 31.7. The number of hydrogen-bond donors (Lipinski definition) is 7. The van der Waals surface area contributed by atoms with Crippen LogP contribution in [0.15, 0.2) is 0 Å². The molecule has 16 atom stereocenters. The van der Waals surface area contributed by atoms with Gasteiger partial charge in [-0.2, -0.15) is 8.42 Å². The summed E-state index contributed by atoms with van der Waals surface area (Å²) in [7, 11) is -5.32. The topological polar surface area (TPSA) is 265 Å². The third kappa shape index (κ3) is 31.8. The lowest BCUT2D eigenvalue weighted by Crippen LogP contribution is -2.65. The molecule has 0 aliphatic carbocycles. The molecule has 79 heavy (non-hydrogen) atoms. The molecule has 0 radical (unpaired) electrons. The summed E-state index contributed by atoms with van der Waals surface area (Å²) in [6.07, 6.45) is 19.1. The fourth-order valence-corrected chi connectivity index (χ4v) is 12.3. The maximum absolute atomic E-state index is 14.0. The Bertz CT molecular complexity index is 1640. The highest BCUT2D eigenvalue weighted by Gasteiger charge is 2.54. The molecule has 0 saturated carbocycles. The van der Waals surface area contributed by atoms with E-state index < -0.39 is 103 Å². The van der Waals surface area contributed by atoms with Crippen LogP contribution in [0.25, 0.3) is 0 Å². The lowest BCUT2D eigenvalue weighted by Gasteiger charge is -2.46. The number of unbranched alkanes of at least 4 members (excludes halogenated alkanes) is 26. The first kappa shape index (κ1) is 73.6. The summed E-state index contributed by atoms with van der Waals surface area (Å²) < 4.78 is 67.1. The first-order valence-corrected chi connectivity index (χ1v) is 33.1. The number of hydrogen-bond acceptors (Lipinski definition) is 16. The Balaban J connectivity index is 1.99. The zero-order chi connectivity index (χ0) is 58.6. The Morgan fingerprint density at radius 1 is 0.494 bits per heavy atom. The molecule has 17 nitrogen and oxygen atoms in total. The molecule has 18 heteroatoms. The molecule has 7 N–H and O–H groups in total. The number of aliphatic hydroxyl groups is 6. The molecule has 2 heterocycles. The van der Waals surface area contributed by atoms with Crippen LogP contribution in [0.2, 0.25) is 0 Å². The van der Waals surface area contributed by atoms with Gasteiger partial charge in [0.25, 0.3) is 0 Å². The van der Waals surface area contributed by atoms with Crippen LogP contribution in [0.1, 0.15) is 267 Å². The lowest BCUT2D eigenvalue weighted by molar-refractivity contribution is -0.374. The van der Waals surface area contributed by atoms with Crippen LogP contribution < -0.4 is 0 Å². The normalized spacial score (nSPS) is 26.1. The van der Waals surface area contributed by atoms with E-state index in [0.29, 0.717) is 24.7 Å². The molecule has 0 spiro atoms. The number of carbonyl (C=O) groups is 2. The minimum atomic E-state index is -5.32. The summed E-state index contributed by atoms with van der Waals surface area (Å²) in [6.45, 7) is 13.1. The van der Waals surface area contributed by atoms with Crippen molar-refractivity contribution >= 4 is 22.3 Å². The number of carbonyl (C=O) groups excluding carboxylic acids is 2. The summed E-state index contributed by atoms with van der Waals surface area (Å²) >= 11 is 0. The molecule has 0 bridgehead atoms. The smallest absolute Gasteiger partial charge is 0.397 e. The summed E-state index contributed by atoms with van der Waals surface area (Å²) in [4.78, 5) is 27.6. The highest BCUT2D eigenvalue weighted by Crippen LogP contribution is 2.35. The third-order valence-corrected chi connectivity index (χ3v) is 16.9. The van der Waals surface area contributed by atoms with E-state index >= 15 is 0 Å². The van der Waals surface area contributed by atoms with E-state index in [-0.39, 0.29) is 24.4 Å². The highest BCUT2D eigenvalue weighted by atomic mass is 32.3. The lowest BCUT2D eigenvalue weighted by atomic mass is 9.82. The number of ether oxygens (including phenoxy) is 5. The Morgan fingerprint density at radius 2 is 0.886 bits per heavy atom. The van der Waals surface area contributed by atoms with E-state index in [9.17, 15) is 53.2 Å². The average molecular weight is 1150 g/mol. The predicted molar refractivity (Wildman–Crippen MR) is 307 cm³/mol. The second-order valence-corrected chi connectivity index (χ2v) is 25.4. The summed E-state index contributed by atoms with van der Waals surface area (Å²) in [5.41, 5.74) is 0. The third-order valence-electron chi connectivity index (χ3n) is 16.4. The van der Waals surface area contributed by atoms with E-state index in [2.05, 4.69) is 45.7 Å². The molecule has 2 saturated heterocycles. The molecular formula is C61H116O17S. The van der Waals surface area contributed by atoms with Crippen molar-refractivity contribution in [3.63, 3.8) is 0 Å². The molecule has 0 aromatic carbocycles. The van der Waals surface area contributed by atoms with Crippen molar-refractivity contribution in [2.45, 2.75) is 334 Å². The second kappa shape index (κ2) is 43.1. The van der Waals surface area contributed by atoms with Gasteiger partial charge in [0, 0.05) is 6.42 Å². The van der Waals surface area contributed by atoms with Crippen LogP contribution in [-0.4, -0.2) is 136 Å². The van der Waals surface area contributed by atoms with Crippen LogP contribution in [0, 0.1) is 29.6 Å². The maximum atomic E-state index is 14.0. The van der Waals surface area contributed by atoms with Gasteiger partial charge in [0.1, 0.15) is 30.5 Å². The fourth-order valence-electron chi connectivity index (χ4n) is 11.9. The molecule has 0 aromatic rings. The van der Waals surface area contributed by atoms with E-state index in [4.69, 9.17) is 23.7 Å². The SMILES string of the molecule is CCCCCCCCCCCCCCCCCC(O)[C@H](C)C[C@H](C)C[C@H](C)C[C@H](C)C[C@H](C)C(=O)OC1[C@H](O)C(CO)O[C@H](O[C@H]2OC(CO)[C@@H](O)C(O)[C@@H]2OS(=O)(=O)O)[C@@H]1OC(=O)CCCCCCCCCCCCCCC. The number of rotatable bonds is 48. The van der Waals surface area contributed by atoms with Crippen LogP contribution >= 0.6 is 0 Å². The van der Waals surface area contributed by atoms with Crippen molar-refractivity contribution in [1.82, 2.24) is 0 Å². The molecule has 2 aliphatic rings. The van der Waals surface area contributed by atoms with Crippen LogP contribution in [0.4, 0.5) is 0 Å². The zero-order valence-electron chi connectivity index (χ0n) is 50.3. The summed E-state index contributed by atoms with van der Waals surface area (Å²) in [5, 5.41) is 64.2. The Labute approximate surface area is 478 Å². The van der Waals surface area contributed by atoms with Gasteiger partial charge in [0.2, 0.25) is 6.29 Å². The van der Waals surface area contributed by atoms with Crippen molar-refractivity contribution in [2.75, 3.05) is 13.2 Å². The van der Waals surface area contributed by atoms with Gasteiger partial charge in [-0.1, -0.05) is 222 Å². The molecule has 468 valence electrons. The molecule has 5 unspecified atom stereocenters. The molecule has 2 fully saturated rings. The van der Waals surface area contributed by atoms with Gasteiger partial charge in [0.05, 0.1) is 25.2 Å². The van der Waals surface area contributed by atoms with Gasteiger partial charge in [-0.3, -0.25) is 14.1 Å². The Morgan fingerprint density at radius 3 is 1.33 bits per heavy atom. The quantitative estimate of drug-likeness (QED) is 0.0170. The van der Waals surface area contributed by atoms with E-state index in [1.165, 1.54) is 128 Å². The van der Waals surface area contributed by atoms with E-state index in [1.807, 2.05) is 0 Å². The molecular weight excluding hydrogens is 1040 g/mol. The minimum Gasteiger partial charge on any atom is -0.455 e.